The first-order valence-electron chi connectivity index (χ1n) is 17.9. The Morgan fingerprint density at radius 1 is 0.788 bits per heavy atom. The van der Waals surface area contributed by atoms with Crippen LogP contribution in [0.2, 0.25) is 0 Å². The molecule has 0 spiro atoms. The number of hydrogen-bond donors (Lipinski definition) is 2. The highest BCUT2D eigenvalue weighted by molar-refractivity contribution is 6.29. The normalized spacial score (nSPS) is 19.6. The third-order valence-electron chi connectivity index (χ3n) is 9.94. The van der Waals surface area contributed by atoms with Crippen LogP contribution in [0.1, 0.15) is 51.2 Å². The number of aliphatic imine (C=N–C) groups is 6. The lowest BCUT2D eigenvalue weighted by molar-refractivity contribution is 0.894. The Morgan fingerprint density at radius 2 is 1.46 bits per heavy atom. The molecule has 2 atom stereocenters. The van der Waals surface area contributed by atoms with E-state index >= 15 is 0 Å². The van der Waals surface area contributed by atoms with Gasteiger partial charge in [0.25, 0.3) is 0 Å². The molecule has 2 N–H and O–H groups in total. The number of nitrogens with one attached hydrogen (secondary N) is 2. The summed E-state index contributed by atoms with van der Waals surface area (Å²) >= 11 is 0. The van der Waals surface area contributed by atoms with E-state index in [1.54, 1.807) is 6.34 Å². The molecule has 0 fully saturated rings. The van der Waals surface area contributed by atoms with Crippen molar-refractivity contribution in [2.45, 2.75) is 59.0 Å². The van der Waals surface area contributed by atoms with Gasteiger partial charge in [-0.2, -0.15) is 0 Å². The number of amidine groups is 2. The number of benzene rings is 2. The van der Waals surface area contributed by atoms with Crippen molar-refractivity contribution in [3.05, 3.63) is 119 Å². The third kappa shape index (κ3) is 5.42. The first-order valence-corrected chi connectivity index (χ1v) is 17.9. The Balaban J connectivity index is 1.08. The number of anilines is 2. The summed E-state index contributed by atoms with van der Waals surface area (Å²) in [4.78, 5) is 29.7. The molecule has 2 aromatic heterocycles. The Labute approximate surface area is 303 Å². The van der Waals surface area contributed by atoms with E-state index in [4.69, 9.17) is 25.0 Å². The van der Waals surface area contributed by atoms with Crippen LogP contribution in [-0.2, 0) is 0 Å². The summed E-state index contributed by atoms with van der Waals surface area (Å²) in [6, 6.07) is 17.4. The van der Waals surface area contributed by atoms with E-state index in [-0.39, 0.29) is 17.9 Å². The molecule has 0 radical (unpaired) electrons. The van der Waals surface area contributed by atoms with Crippen molar-refractivity contribution in [1.29, 1.82) is 0 Å². The van der Waals surface area contributed by atoms with Crippen LogP contribution in [0.4, 0.5) is 22.7 Å². The van der Waals surface area contributed by atoms with Gasteiger partial charge in [-0.1, -0.05) is 12.2 Å². The van der Waals surface area contributed by atoms with E-state index in [2.05, 4.69) is 121 Å². The number of hydrogen-bond acceptors (Lipinski definition) is 8. The molecule has 258 valence electrons. The van der Waals surface area contributed by atoms with Gasteiger partial charge in [0.15, 0.2) is 0 Å². The Bertz CT molecular complexity index is 2390. The van der Waals surface area contributed by atoms with Gasteiger partial charge in [-0.3, -0.25) is 9.98 Å². The first kappa shape index (κ1) is 31.8. The van der Waals surface area contributed by atoms with Gasteiger partial charge < -0.3 is 19.8 Å². The van der Waals surface area contributed by atoms with Gasteiger partial charge in [0.05, 0.1) is 28.7 Å². The molecule has 0 bridgehead atoms. The van der Waals surface area contributed by atoms with E-state index in [9.17, 15) is 0 Å². The van der Waals surface area contributed by atoms with Gasteiger partial charge in [0.1, 0.15) is 23.9 Å². The van der Waals surface area contributed by atoms with Crippen LogP contribution in [0.15, 0.2) is 138 Å². The third-order valence-corrected chi connectivity index (χ3v) is 9.94. The summed E-state index contributed by atoms with van der Waals surface area (Å²) < 4.78 is 4.22. The molecule has 6 heterocycles. The van der Waals surface area contributed by atoms with Crippen LogP contribution < -0.4 is 10.6 Å². The highest BCUT2D eigenvalue weighted by Gasteiger charge is 2.44. The molecule has 5 aliphatic rings. The van der Waals surface area contributed by atoms with Crippen molar-refractivity contribution in [3.8, 4) is 11.4 Å². The minimum atomic E-state index is -0.193. The quantitative estimate of drug-likeness (QED) is 0.163. The van der Waals surface area contributed by atoms with Crippen LogP contribution >= 0.6 is 0 Å². The van der Waals surface area contributed by atoms with E-state index < -0.39 is 0 Å². The number of fused-ring (bicyclic) bond motifs is 1. The fraction of sp³-hybridized carbons (Fsp3) is 0.238. The Kier molecular flexibility index (Phi) is 7.68. The molecule has 9 rings (SSSR count). The summed E-state index contributed by atoms with van der Waals surface area (Å²) in [6.45, 7) is 10.7. The van der Waals surface area contributed by atoms with Crippen molar-refractivity contribution < 1.29 is 0 Å². The first-order chi connectivity index (χ1) is 25.3. The second kappa shape index (κ2) is 12.6. The lowest BCUT2D eigenvalue weighted by Crippen LogP contribution is -2.36. The van der Waals surface area contributed by atoms with Crippen LogP contribution in [0.25, 0.3) is 11.4 Å². The molecule has 4 aromatic rings. The highest BCUT2D eigenvalue weighted by Crippen LogP contribution is 2.48. The smallest absolute Gasteiger partial charge is 0.145 e. The number of allylic oxidation sites excluding steroid dienone is 5. The molecule has 0 saturated carbocycles. The van der Waals surface area contributed by atoms with E-state index in [1.165, 1.54) is 5.57 Å². The Hall–Kier alpha value is -6.16. The zero-order valence-electron chi connectivity index (χ0n) is 29.9. The standard InChI is InChI=1S/C42H40N10/c1-24(2)47-34-19-27(51-14-6-7-15-51)18-33(26(34)5)43-13-12-32-29-10-11-30-37(29)39-41(49-32)45-23-46-42(39)50-40(30)31-22-44-35-20-28(52-16-8-9-17-52)21-36(38(31)35)48-25(3)4/h6-11,13-25,31,39,47-48H,12H2,1-5H3/b43-13-/t31-,39?/m1/s1. The second-order valence-corrected chi connectivity index (χ2v) is 14.3. The molecule has 0 saturated heterocycles. The van der Waals surface area contributed by atoms with E-state index in [0.717, 1.165) is 79.5 Å². The number of nitrogens with zero attached hydrogens (tertiary/aromatic N) is 8. The molecular formula is C42H40N10. The van der Waals surface area contributed by atoms with Gasteiger partial charge in [-0.15, -0.1) is 0 Å². The van der Waals surface area contributed by atoms with Gasteiger partial charge in [0.2, 0.25) is 0 Å². The molecule has 1 aliphatic carbocycles. The summed E-state index contributed by atoms with van der Waals surface area (Å²) in [6.07, 6.45) is 18.8. The zero-order chi connectivity index (χ0) is 35.5. The van der Waals surface area contributed by atoms with Crippen LogP contribution in [0.5, 0.6) is 0 Å². The van der Waals surface area contributed by atoms with Gasteiger partial charge >= 0.3 is 0 Å². The minimum absolute atomic E-state index is 0.138. The maximum Gasteiger partial charge on any atom is 0.145 e. The lowest BCUT2D eigenvalue weighted by Gasteiger charge is -2.32. The molecule has 10 nitrogen and oxygen atoms in total. The summed E-state index contributed by atoms with van der Waals surface area (Å²) in [5.74, 6) is 1.12. The van der Waals surface area contributed by atoms with Crippen molar-refractivity contribution in [2.24, 2.45) is 35.9 Å². The topological polar surface area (TPSA) is 108 Å². The molecule has 4 aliphatic heterocycles. The van der Waals surface area contributed by atoms with Crippen LogP contribution in [0.3, 0.4) is 0 Å². The maximum atomic E-state index is 5.24. The minimum Gasteiger partial charge on any atom is -0.383 e. The van der Waals surface area contributed by atoms with E-state index in [1.807, 2.05) is 36.7 Å². The average Bonchev–Trinajstić information content (AvgIpc) is 3.96. The van der Waals surface area contributed by atoms with Gasteiger partial charge in [0, 0.05) is 95.2 Å². The zero-order valence-corrected chi connectivity index (χ0v) is 29.9. The van der Waals surface area contributed by atoms with Gasteiger partial charge in [-0.05, 0) is 94.3 Å². The highest BCUT2D eigenvalue weighted by atomic mass is 15.1. The monoisotopic (exact) mass is 684 g/mol. The van der Waals surface area contributed by atoms with Crippen LogP contribution in [0, 0.1) is 12.8 Å². The van der Waals surface area contributed by atoms with Crippen molar-refractivity contribution in [1.82, 2.24) is 9.13 Å². The molecule has 1 unspecified atom stereocenters. The largest absolute Gasteiger partial charge is 0.383 e. The molecule has 2 aromatic carbocycles. The lowest BCUT2D eigenvalue weighted by atomic mass is 9.79. The van der Waals surface area contributed by atoms with E-state index in [0.29, 0.717) is 12.5 Å². The predicted octanol–water partition coefficient (Wildman–Crippen LogP) is 8.85. The molecule has 52 heavy (non-hydrogen) atoms. The number of aromatic nitrogens is 2. The van der Waals surface area contributed by atoms with Crippen molar-refractivity contribution in [2.75, 3.05) is 10.6 Å². The predicted molar refractivity (Wildman–Crippen MR) is 215 cm³/mol. The SMILES string of the molecule is Cc1c(/N=C\CC2=C3C=CC4=C3C3C(=NC=NC3=N2)N=C4[C@@H]2C=Nc3cc(-n4cccc4)cc(NC(C)C)c32)cc(-n2cccc2)cc1NC(C)C. The maximum absolute atomic E-state index is 5.24. The fourth-order valence-corrected chi connectivity index (χ4v) is 7.65. The molecule has 10 heteroatoms. The second-order valence-electron chi connectivity index (χ2n) is 14.3. The molecule has 0 amide bonds. The number of rotatable bonds is 10. The average molecular weight is 685 g/mol. The van der Waals surface area contributed by atoms with Crippen molar-refractivity contribution in [3.63, 3.8) is 0 Å². The van der Waals surface area contributed by atoms with Crippen molar-refractivity contribution >= 4 is 58.9 Å². The van der Waals surface area contributed by atoms with Gasteiger partial charge in [-0.25, -0.2) is 20.0 Å². The van der Waals surface area contributed by atoms with Crippen LogP contribution in [-0.4, -0.2) is 57.4 Å². The summed E-state index contributed by atoms with van der Waals surface area (Å²) in [5, 5.41) is 7.31. The molecular weight excluding hydrogens is 645 g/mol. The number of dihydropyridines is 1. The Morgan fingerprint density at radius 3 is 2.19 bits per heavy atom. The fourth-order valence-electron chi connectivity index (χ4n) is 7.65. The summed E-state index contributed by atoms with van der Waals surface area (Å²) in [5.41, 5.74) is 13.6. The summed E-state index contributed by atoms with van der Waals surface area (Å²) in [7, 11) is 0.